The van der Waals surface area contributed by atoms with Crippen molar-refractivity contribution in [3.8, 4) is 5.75 Å². The highest BCUT2D eigenvalue weighted by molar-refractivity contribution is 7.91. The van der Waals surface area contributed by atoms with Gasteiger partial charge in [-0.05, 0) is 41.5 Å². The molecule has 1 aromatic heterocycles. The molecule has 4 rings (SSSR count). The Morgan fingerprint density at radius 2 is 1.91 bits per heavy atom. The molecule has 1 amide bonds. The number of hydrogen-bond donors (Lipinski definition) is 1. The van der Waals surface area contributed by atoms with Crippen LogP contribution in [0.2, 0.25) is 5.02 Å². The van der Waals surface area contributed by atoms with Crippen molar-refractivity contribution >= 4 is 43.9 Å². The van der Waals surface area contributed by atoms with Crippen molar-refractivity contribution in [2.24, 2.45) is 0 Å². The normalized spacial score (nSPS) is 11.5. The second kappa shape index (κ2) is 9.25. The van der Waals surface area contributed by atoms with Crippen LogP contribution in [0.25, 0.3) is 10.9 Å². The molecule has 0 atom stereocenters. The smallest absolute Gasteiger partial charge is 0.228 e. The monoisotopic (exact) mass is 483 g/mol. The molecule has 9 heteroatoms. The van der Waals surface area contributed by atoms with Crippen molar-refractivity contribution in [2.75, 3.05) is 18.7 Å². The SMILES string of the molecule is COc1cccc(Cn2cc3c(S(C)(=O)=O)cc(NC(=O)Cc4ccccc4Cl)cc3n2)c1. The Balaban J connectivity index is 1.65. The minimum atomic E-state index is -3.57. The van der Waals surface area contributed by atoms with Crippen LogP contribution in [0.5, 0.6) is 5.75 Å². The van der Waals surface area contributed by atoms with Gasteiger partial charge in [0.1, 0.15) is 5.75 Å². The molecule has 0 unspecified atom stereocenters. The molecule has 0 aliphatic heterocycles. The number of carbonyl (C=O) groups excluding carboxylic acids is 1. The molecule has 0 saturated carbocycles. The first kappa shape index (κ1) is 22.8. The van der Waals surface area contributed by atoms with Gasteiger partial charge in [0, 0.05) is 28.5 Å². The average Bonchev–Trinajstić information content (AvgIpc) is 3.16. The van der Waals surface area contributed by atoms with E-state index >= 15 is 0 Å². The van der Waals surface area contributed by atoms with Gasteiger partial charge in [0.2, 0.25) is 5.91 Å². The third-order valence-electron chi connectivity index (χ3n) is 5.11. The van der Waals surface area contributed by atoms with E-state index in [1.807, 2.05) is 24.3 Å². The molecule has 1 N–H and O–H groups in total. The van der Waals surface area contributed by atoms with Gasteiger partial charge in [-0.3, -0.25) is 9.48 Å². The maximum Gasteiger partial charge on any atom is 0.228 e. The van der Waals surface area contributed by atoms with E-state index < -0.39 is 9.84 Å². The summed E-state index contributed by atoms with van der Waals surface area (Å²) in [6.07, 6.45) is 2.90. The van der Waals surface area contributed by atoms with Gasteiger partial charge in [-0.25, -0.2) is 8.42 Å². The number of nitrogens with one attached hydrogen (secondary N) is 1. The van der Waals surface area contributed by atoms with Crippen LogP contribution in [0.4, 0.5) is 5.69 Å². The van der Waals surface area contributed by atoms with Crippen molar-refractivity contribution in [1.82, 2.24) is 9.78 Å². The zero-order valence-corrected chi connectivity index (χ0v) is 19.7. The largest absolute Gasteiger partial charge is 0.497 e. The van der Waals surface area contributed by atoms with Gasteiger partial charge >= 0.3 is 0 Å². The van der Waals surface area contributed by atoms with Crippen molar-refractivity contribution in [2.45, 2.75) is 17.9 Å². The average molecular weight is 484 g/mol. The van der Waals surface area contributed by atoms with Gasteiger partial charge < -0.3 is 10.1 Å². The van der Waals surface area contributed by atoms with Crippen LogP contribution in [-0.2, 0) is 27.6 Å². The second-order valence-electron chi connectivity index (χ2n) is 7.67. The van der Waals surface area contributed by atoms with Crippen LogP contribution in [0, 0.1) is 0 Å². The van der Waals surface area contributed by atoms with E-state index in [0.717, 1.165) is 17.6 Å². The van der Waals surface area contributed by atoms with Gasteiger partial charge in [0.15, 0.2) is 9.84 Å². The molecule has 0 spiro atoms. The zero-order valence-electron chi connectivity index (χ0n) is 18.1. The molecule has 7 nitrogen and oxygen atoms in total. The molecule has 0 aliphatic rings. The van der Waals surface area contributed by atoms with Crippen LogP contribution < -0.4 is 10.1 Å². The van der Waals surface area contributed by atoms with E-state index in [9.17, 15) is 13.2 Å². The standard InChI is InChI=1S/C24H22ClN3O4S/c1-32-19-8-5-6-16(10-19)14-28-15-20-22(27-28)12-18(13-23(20)33(2,30)31)26-24(29)11-17-7-3-4-9-21(17)25/h3-10,12-13,15H,11,14H2,1-2H3,(H,26,29). The van der Waals surface area contributed by atoms with Gasteiger partial charge in [-0.2, -0.15) is 5.10 Å². The Morgan fingerprint density at radius 3 is 2.64 bits per heavy atom. The second-order valence-corrected chi connectivity index (χ2v) is 10.1. The number of halogens is 1. The van der Waals surface area contributed by atoms with E-state index in [0.29, 0.717) is 33.7 Å². The van der Waals surface area contributed by atoms with Gasteiger partial charge in [-0.1, -0.05) is 41.9 Å². The first-order valence-electron chi connectivity index (χ1n) is 10.1. The van der Waals surface area contributed by atoms with Crippen LogP contribution in [0.3, 0.4) is 0 Å². The number of sulfone groups is 1. The fourth-order valence-corrected chi connectivity index (χ4v) is 4.68. The molecule has 0 bridgehead atoms. The highest BCUT2D eigenvalue weighted by Gasteiger charge is 2.18. The van der Waals surface area contributed by atoms with E-state index in [2.05, 4.69) is 10.4 Å². The molecule has 3 aromatic carbocycles. The number of fused-ring (bicyclic) bond motifs is 1. The fraction of sp³-hybridized carbons (Fsp3) is 0.167. The first-order chi connectivity index (χ1) is 15.7. The highest BCUT2D eigenvalue weighted by atomic mass is 35.5. The number of hydrogen-bond acceptors (Lipinski definition) is 5. The van der Waals surface area contributed by atoms with Gasteiger partial charge in [0.25, 0.3) is 0 Å². The summed E-state index contributed by atoms with van der Waals surface area (Å²) in [6.45, 7) is 0.434. The van der Waals surface area contributed by atoms with Crippen LogP contribution in [0.1, 0.15) is 11.1 Å². The minimum absolute atomic E-state index is 0.0657. The minimum Gasteiger partial charge on any atom is -0.497 e. The quantitative estimate of drug-likeness (QED) is 0.422. The number of amides is 1. The number of rotatable bonds is 7. The lowest BCUT2D eigenvalue weighted by Crippen LogP contribution is -2.15. The number of aromatic nitrogens is 2. The molecule has 0 fully saturated rings. The zero-order chi connectivity index (χ0) is 23.6. The number of nitrogens with zero attached hydrogens (tertiary/aromatic N) is 2. The van der Waals surface area contributed by atoms with Crippen molar-refractivity contribution in [1.29, 1.82) is 0 Å². The summed E-state index contributed by atoms with van der Waals surface area (Å²) in [5.41, 5.74) is 2.46. The maximum absolute atomic E-state index is 12.6. The van der Waals surface area contributed by atoms with E-state index in [1.165, 1.54) is 6.07 Å². The molecular formula is C24H22ClN3O4S. The summed E-state index contributed by atoms with van der Waals surface area (Å²) in [4.78, 5) is 12.7. The number of methoxy groups -OCH3 is 1. The van der Waals surface area contributed by atoms with Crippen molar-refractivity contribution in [3.63, 3.8) is 0 Å². The number of anilines is 1. The molecular weight excluding hydrogens is 462 g/mol. The highest BCUT2D eigenvalue weighted by Crippen LogP contribution is 2.28. The lowest BCUT2D eigenvalue weighted by molar-refractivity contribution is -0.115. The molecule has 0 aliphatic carbocycles. The lowest BCUT2D eigenvalue weighted by atomic mass is 10.1. The molecule has 4 aromatic rings. The number of benzene rings is 3. The Bertz CT molecular complexity index is 1450. The Hall–Kier alpha value is -3.36. The molecule has 0 radical (unpaired) electrons. The van der Waals surface area contributed by atoms with Crippen LogP contribution >= 0.6 is 11.6 Å². The van der Waals surface area contributed by atoms with Gasteiger partial charge in [-0.15, -0.1) is 0 Å². The predicted octanol–water partition coefficient (Wildman–Crippen LogP) is 4.33. The van der Waals surface area contributed by atoms with Gasteiger partial charge in [0.05, 0.1) is 30.5 Å². The maximum atomic E-state index is 12.6. The summed E-state index contributed by atoms with van der Waals surface area (Å²) in [5, 5.41) is 8.30. The third-order valence-corrected chi connectivity index (χ3v) is 6.61. The first-order valence-corrected chi connectivity index (χ1v) is 12.4. The fourth-order valence-electron chi connectivity index (χ4n) is 3.58. The number of ether oxygens (including phenoxy) is 1. The summed E-state index contributed by atoms with van der Waals surface area (Å²) in [6, 6.07) is 17.8. The Morgan fingerprint density at radius 1 is 1.12 bits per heavy atom. The van der Waals surface area contributed by atoms with E-state index in [4.69, 9.17) is 16.3 Å². The van der Waals surface area contributed by atoms with Crippen molar-refractivity contribution in [3.05, 3.63) is 83.0 Å². The van der Waals surface area contributed by atoms with E-state index in [-0.39, 0.29) is 17.2 Å². The van der Waals surface area contributed by atoms with E-state index in [1.54, 1.807) is 48.3 Å². The summed E-state index contributed by atoms with van der Waals surface area (Å²) in [5.74, 6) is 0.419. The van der Waals surface area contributed by atoms with Crippen molar-refractivity contribution < 1.29 is 17.9 Å². The Labute approximate surface area is 196 Å². The molecule has 170 valence electrons. The lowest BCUT2D eigenvalue weighted by Gasteiger charge is -2.09. The number of carbonyl (C=O) groups is 1. The Kier molecular flexibility index (Phi) is 6.40. The predicted molar refractivity (Wildman–Crippen MR) is 129 cm³/mol. The topological polar surface area (TPSA) is 90.3 Å². The molecule has 1 heterocycles. The summed E-state index contributed by atoms with van der Waals surface area (Å²) < 4.78 is 31.9. The third kappa shape index (κ3) is 5.35. The van der Waals surface area contributed by atoms with Crippen LogP contribution in [-0.4, -0.2) is 37.5 Å². The molecule has 33 heavy (non-hydrogen) atoms. The summed E-state index contributed by atoms with van der Waals surface area (Å²) in [7, 11) is -1.97. The van der Waals surface area contributed by atoms with Crippen LogP contribution in [0.15, 0.2) is 71.8 Å². The molecule has 0 saturated heterocycles. The summed E-state index contributed by atoms with van der Waals surface area (Å²) >= 11 is 6.14.